The third-order valence-electron chi connectivity index (χ3n) is 5.33. The molecule has 3 rings (SSSR count). The maximum atomic E-state index is 12.9. The molecule has 5 heteroatoms. The predicted octanol–water partition coefficient (Wildman–Crippen LogP) is 3.38. The van der Waals surface area contributed by atoms with Crippen molar-refractivity contribution in [3.63, 3.8) is 0 Å². The molecule has 1 aliphatic heterocycles. The number of carbonyl (C=O) groups excluding carboxylic acids is 1. The summed E-state index contributed by atoms with van der Waals surface area (Å²) in [5.41, 5.74) is 6.87. The number of ether oxygens (including phenoxy) is 1. The molecule has 4 nitrogen and oxygen atoms in total. The summed E-state index contributed by atoms with van der Waals surface area (Å²) in [6, 6.07) is 17.3. The van der Waals surface area contributed by atoms with Gasteiger partial charge in [-0.25, -0.2) is 0 Å². The van der Waals surface area contributed by atoms with Gasteiger partial charge < -0.3 is 15.8 Å². The van der Waals surface area contributed by atoms with E-state index in [9.17, 15) is 4.79 Å². The second-order valence-electron chi connectivity index (χ2n) is 7.12. The van der Waals surface area contributed by atoms with Crippen molar-refractivity contribution < 1.29 is 9.53 Å². The van der Waals surface area contributed by atoms with Crippen molar-refractivity contribution in [1.29, 1.82) is 0 Å². The Morgan fingerprint density at radius 2 is 1.77 bits per heavy atom. The number of hydrogen-bond donors (Lipinski definition) is 2. The number of hydrogen-bond acceptors (Lipinski definition) is 3. The second-order valence-corrected chi connectivity index (χ2v) is 7.53. The van der Waals surface area contributed by atoms with Crippen molar-refractivity contribution in [1.82, 2.24) is 5.32 Å². The lowest BCUT2D eigenvalue weighted by Gasteiger charge is -2.39. The van der Waals surface area contributed by atoms with Gasteiger partial charge in [0.15, 0.2) is 0 Å². The maximum absolute atomic E-state index is 12.9. The average molecular weight is 373 g/mol. The molecule has 0 radical (unpaired) electrons. The third kappa shape index (κ3) is 3.78. The highest BCUT2D eigenvalue weighted by Gasteiger charge is 2.38. The Labute approximate surface area is 159 Å². The Hall–Kier alpha value is -1.88. The molecule has 3 N–H and O–H groups in total. The quantitative estimate of drug-likeness (QED) is 0.845. The Morgan fingerprint density at radius 1 is 1.15 bits per heavy atom. The lowest BCUT2D eigenvalue weighted by molar-refractivity contribution is -0.126. The average Bonchev–Trinajstić information content (AvgIpc) is 2.68. The zero-order valence-electron chi connectivity index (χ0n) is 15.0. The van der Waals surface area contributed by atoms with Gasteiger partial charge in [-0.05, 0) is 37.0 Å². The van der Waals surface area contributed by atoms with Gasteiger partial charge in [0.1, 0.15) is 5.54 Å². The van der Waals surface area contributed by atoms with Crippen molar-refractivity contribution in [2.45, 2.75) is 30.7 Å². The topological polar surface area (TPSA) is 64.4 Å². The third-order valence-corrected chi connectivity index (χ3v) is 5.66. The van der Waals surface area contributed by atoms with Crippen molar-refractivity contribution in [2.75, 3.05) is 19.8 Å². The monoisotopic (exact) mass is 372 g/mol. The number of benzene rings is 2. The van der Waals surface area contributed by atoms with Crippen LogP contribution in [-0.2, 0) is 20.5 Å². The fraction of sp³-hybridized carbons (Fsp3) is 0.381. The molecule has 2 aromatic rings. The molecule has 1 atom stereocenters. The lowest BCUT2D eigenvalue weighted by Crippen LogP contribution is -2.53. The molecule has 0 spiro atoms. The summed E-state index contributed by atoms with van der Waals surface area (Å²) < 4.78 is 5.55. The maximum Gasteiger partial charge on any atom is 0.244 e. The van der Waals surface area contributed by atoms with Crippen molar-refractivity contribution in [3.05, 3.63) is 70.7 Å². The van der Waals surface area contributed by atoms with E-state index < -0.39 is 5.54 Å². The standard InChI is InChI=1S/C21H25ClN2O2/c1-20(23,16-7-3-2-4-8-16)19(25)24-15-21(11-13-26-14-12-21)17-9-5-6-10-18(17)22/h2-10H,11-15,23H2,1H3,(H,24,25). The number of rotatable bonds is 5. The first-order valence-corrected chi connectivity index (χ1v) is 9.29. The van der Waals surface area contributed by atoms with Gasteiger partial charge in [0, 0.05) is 30.2 Å². The number of nitrogens with one attached hydrogen (secondary N) is 1. The van der Waals surface area contributed by atoms with Crippen LogP contribution in [0, 0.1) is 0 Å². The molecule has 26 heavy (non-hydrogen) atoms. The zero-order chi connectivity index (χ0) is 18.6. The molecule has 1 unspecified atom stereocenters. The number of nitrogens with two attached hydrogens (primary N) is 1. The first-order valence-electron chi connectivity index (χ1n) is 8.91. The Balaban J connectivity index is 1.80. The molecule has 0 aliphatic carbocycles. The molecule has 2 aromatic carbocycles. The van der Waals surface area contributed by atoms with Crippen LogP contribution in [0.2, 0.25) is 5.02 Å². The fourth-order valence-electron chi connectivity index (χ4n) is 3.54. The Bertz CT molecular complexity index is 756. The highest BCUT2D eigenvalue weighted by Crippen LogP contribution is 2.38. The highest BCUT2D eigenvalue weighted by atomic mass is 35.5. The van der Waals surface area contributed by atoms with Gasteiger partial charge in [-0.2, -0.15) is 0 Å². The van der Waals surface area contributed by atoms with Crippen LogP contribution in [0.1, 0.15) is 30.9 Å². The summed E-state index contributed by atoms with van der Waals surface area (Å²) >= 11 is 6.47. The first kappa shape index (κ1) is 18.9. The smallest absolute Gasteiger partial charge is 0.244 e. The summed E-state index contributed by atoms with van der Waals surface area (Å²) in [6.45, 7) is 3.53. The minimum Gasteiger partial charge on any atom is -0.381 e. The fourth-order valence-corrected chi connectivity index (χ4v) is 3.88. The summed E-state index contributed by atoms with van der Waals surface area (Å²) in [5, 5.41) is 3.80. The van der Waals surface area contributed by atoms with Gasteiger partial charge >= 0.3 is 0 Å². The largest absolute Gasteiger partial charge is 0.381 e. The van der Waals surface area contributed by atoms with E-state index in [4.69, 9.17) is 22.1 Å². The summed E-state index contributed by atoms with van der Waals surface area (Å²) in [7, 11) is 0. The summed E-state index contributed by atoms with van der Waals surface area (Å²) in [6.07, 6.45) is 1.62. The van der Waals surface area contributed by atoms with Crippen molar-refractivity contribution >= 4 is 17.5 Å². The zero-order valence-corrected chi connectivity index (χ0v) is 15.8. The Morgan fingerprint density at radius 3 is 2.42 bits per heavy atom. The highest BCUT2D eigenvalue weighted by molar-refractivity contribution is 6.31. The van der Waals surface area contributed by atoms with Crippen LogP contribution in [0.15, 0.2) is 54.6 Å². The van der Waals surface area contributed by atoms with E-state index in [-0.39, 0.29) is 11.3 Å². The van der Waals surface area contributed by atoms with E-state index in [1.165, 1.54) is 0 Å². The van der Waals surface area contributed by atoms with Gasteiger partial charge in [0.2, 0.25) is 5.91 Å². The van der Waals surface area contributed by atoms with E-state index in [1.54, 1.807) is 6.92 Å². The lowest BCUT2D eigenvalue weighted by atomic mass is 9.74. The summed E-state index contributed by atoms with van der Waals surface area (Å²) in [5.74, 6) is -0.193. The van der Waals surface area contributed by atoms with Crippen LogP contribution in [0.3, 0.4) is 0 Å². The number of halogens is 1. The minimum absolute atomic E-state index is 0.193. The summed E-state index contributed by atoms with van der Waals surface area (Å²) in [4.78, 5) is 12.9. The minimum atomic E-state index is -1.09. The van der Waals surface area contributed by atoms with Gasteiger partial charge in [-0.3, -0.25) is 4.79 Å². The van der Waals surface area contributed by atoms with Gasteiger partial charge in [0.25, 0.3) is 0 Å². The van der Waals surface area contributed by atoms with E-state index in [0.29, 0.717) is 19.8 Å². The van der Waals surface area contributed by atoms with Gasteiger partial charge in [-0.1, -0.05) is 60.1 Å². The van der Waals surface area contributed by atoms with Crippen molar-refractivity contribution in [2.24, 2.45) is 5.73 Å². The molecule has 0 bridgehead atoms. The van der Waals surface area contributed by atoms with Crippen LogP contribution in [-0.4, -0.2) is 25.7 Å². The Kier molecular flexibility index (Phi) is 5.66. The van der Waals surface area contributed by atoms with Crippen molar-refractivity contribution in [3.8, 4) is 0 Å². The molecular weight excluding hydrogens is 348 g/mol. The molecule has 1 aliphatic rings. The van der Waals surface area contributed by atoms with Gasteiger partial charge in [0.05, 0.1) is 0 Å². The molecule has 1 fully saturated rings. The van der Waals surface area contributed by atoms with E-state index in [1.807, 2.05) is 54.6 Å². The molecule has 138 valence electrons. The molecule has 0 aromatic heterocycles. The molecule has 1 heterocycles. The normalized spacial score (nSPS) is 18.7. The van der Waals surface area contributed by atoms with Crippen LogP contribution < -0.4 is 11.1 Å². The first-order chi connectivity index (χ1) is 12.5. The van der Waals surface area contributed by atoms with Gasteiger partial charge in [-0.15, -0.1) is 0 Å². The second kappa shape index (κ2) is 7.78. The molecule has 1 saturated heterocycles. The van der Waals surface area contributed by atoms with Crippen LogP contribution in [0.4, 0.5) is 0 Å². The van der Waals surface area contributed by atoms with Crippen LogP contribution in [0.25, 0.3) is 0 Å². The SMILES string of the molecule is CC(N)(C(=O)NCC1(c2ccccc2Cl)CCOCC1)c1ccccc1. The van der Waals surface area contributed by atoms with E-state index in [0.717, 1.165) is 29.0 Å². The number of amides is 1. The predicted molar refractivity (Wildman–Crippen MR) is 104 cm³/mol. The van der Waals surface area contributed by atoms with Crippen LogP contribution >= 0.6 is 11.6 Å². The van der Waals surface area contributed by atoms with E-state index in [2.05, 4.69) is 5.32 Å². The van der Waals surface area contributed by atoms with Crippen LogP contribution in [0.5, 0.6) is 0 Å². The molecule has 1 amide bonds. The molecular formula is C21H25ClN2O2. The molecule has 0 saturated carbocycles. The number of carbonyl (C=O) groups is 1. The van der Waals surface area contributed by atoms with E-state index >= 15 is 0 Å².